The molecule has 1 aromatic carbocycles. The largest absolute Gasteiger partial charge is 0.335 e. The van der Waals surface area contributed by atoms with E-state index in [1.54, 1.807) is 11.0 Å². The number of thiophene rings is 1. The predicted octanol–water partition coefficient (Wildman–Crippen LogP) is 3.13. The van der Waals surface area contributed by atoms with Crippen LogP contribution in [0.5, 0.6) is 0 Å². The molecular formula is C18H19N3O3S. The number of carbonyl (C=O) groups excluding carboxylic acids is 1. The molecule has 2 aromatic rings. The average molecular weight is 357 g/mol. The Balaban J connectivity index is 1.48. The summed E-state index contributed by atoms with van der Waals surface area (Å²) < 4.78 is 0. The first kappa shape index (κ1) is 17.3. The van der Waals surface area contributed by atoms with Crippen molar-refractivity contribution in [1.82, 2.24) is 9.80 Å². The SMILES string of the molecule is O=C(c1ccc([N+](=O)[O-])s1)N1CCN(CC=Cc2ccccc2)CC1. The minimum absolute atomic E-state index is 0.00744. The van der Waals surface area contributed by atoms with Crippen molar-refractivity contribution in [3.63, 3.8) is 0 Å². The summed E-state index contributed by atoms with van der Waals surface area (Å²) >= 11 is 0.940. The molecule has 0 unspecified atom stereocenters. The number of rotatable bonds is 5. The van der Waals surface area contributed by atoms with Crippen molar-refractivity contribution < 1.29 is 9.72 Å². The standard InChI is InChI=1S/C18H19N3O3S/c22-18(16-8-9-17(25-16)21(23)24)20-13-11-19(12-14-20)10-4-7-15-5-2-1-3-6-15/h1-9H,10-14H2. The van der Waals surface area contributed by atoms with E-state index in [0.29, 0.717) is 18.0 Å². The van der Waals surface area contributed by atoms with Crippen LogP contribution in [0.25, 0.3) is 6.08 Å². The topological polar surface area (TPSA) is 66.7 Å². The van der Waals surface area contributed by atoms with E-state index < -0.39 is 4.92 Å². The molecule has 0 radical (unpaired) electrons. The summed E-state index contributed by atoms with van der Waals surface area (Å²) in [7, 11) is 0. The zero-order valence-electron chi connectivity index (χ0n) is 13.7. The summed E-state index contributed by atoms with van der Waals surface area (Å²) in [6.07, 6.45) is 4.23. The molecule has 1 aromatic heterocycles. The first-order valence-electron chi connectivity index (χ1n) is 8.11. The van der Waals surface area contributed by atoms with Gasteiger partial charge in [0.25, 0.3) is 5.91 Å². The molecule has 1 amide bonds. The summed E-state index contributed by atoms with van der Waals surface area (Å²) in [6.45, 7) is 3.74. The van der Waals surface area contributed by atoms with Crippen molar-refractivity contribution in [2.45, 2.75) is 0 Å². The number of nitrogens with zero attached hydrogens (tertiary/aromatic N) is 3. The normalized spacial score (nSPS) is 15.6. The molecule has 2 heterocycles. The first-order valence-corrected chi connectivity index (χ1v) is 8.92. The fraction of sp³-hybridized carbons (Fsp3) is 0.278. The number of carbonyl (C=O) groups is 1. The van der Waals surface area contributed by atoms with Gasteiger partial charge in [-0.3, -0.25) is 19.8 Å². The molecule has 0 spiro atoms. The number of hydrogen-bond donors (Lipinski definition) is 0. The lowest BCUT2D eigenvalue weighted by molar-refractivity contribution is -0.380. The third kappa shape index (κ3) is 4.52. The van der Waals surface area contributed by atoms with Crippen molar-refractivity contribution in [1.29, 1.82) is 0 Å². The molecule has 7 heteroatoms. The molecule has 0 bridgehead atoms. The third-order valence-corrected chi connectivity index (χ3v) is 5.14. The van der Waals surface area contributed by atoms with Crippen LogP contribution < -0.4 is 0 Å². The monoisotopic (exact) mass is 357 g/mol. The van der Waals surface area contributed by atoms with Gasteiger partial charge in [0, 0.05) is 38.8 Å². The molecule has 130 valence electrons. The highest BCUT2D eigenvalue weighted by atomic mass is 32.1. The Morgan fingerprint density at radius 3 is 2.48 bits per heavy atom. The summed E-state index contributed by atoms with van der Waals surface area (Å²) in [6, 6.07) is 13.1. The van der Waals surface area contributed by atoms with Gasteiger partial charge in [0.1, 0.15) is 0 Å². The number of nitro groups is 1. The van der Waals surface area contributed by atoms with E-state index in [1.807, 2.05) is 18.2 Å². The van der Waals surface area contributed by atoms with Gasteiger partial charge in [-0.05, 0) is 11.6 Å². The fourth-order valence-electron chi connectivity index (χ4n) is 2.73. The maximum atomic E-state index is 12.4. The van der Waals surface area contributed by atoms with Crippen LogP contribution in [0.3, 0.4) is 0 Å². The molecular weight excluding hydrogens is 338 g/mol. The summed E-state index contributed by atoms with van der Waals surface area (Å²) in [4.78, 5) is 27.2. The van der Waals surface area contributed by atoms with Crippen molar-refractivity contribution in [3.8, 4) is 0 Å². The molecule has 0 N–H and O–H groups in total. The molecule has 3 rings (SSSR count). The minimum atomic E-state index is -0.460. The van der Waals surface area contributed by atoms with Crippen molar-refractivity contribution in [3.05, 3.63) is 69.1 Å². The highest BCUT2D eigenvalue weighted by molar-refractivity contribution is 7.17. The van der Waals surface area contributed by atoms with Gasteiger partial charge in [-0.15, -0.1) is 0 Å². The van der Waals surface area contributed by atoms with Gasteiger partial charge in [0.05, 0.1) is 9.80 Å². The van der Waals surface area contributed by atoms with Crippen molar-refractivity contribution in [2.24, 2.45) is 0 Å². The second-order valence-electron chi connectivity index (χ2n) is 5.80. The molecule has 1 saturated heterocycles. The highest BCUT2D eigenvalue weighted by Gasteiger charge is 2.24. The quantitative estimate of drug-likeness (QED) is 0.609. The van der Waals surface area contributed by atoms with Crippen LogP contribution in [-0.4, -0.2) is 53.4 Å². The van der Waals surface area contributed by atoms with Crippen LogP contribution in [0.1, 0.15) is 15.2 Å². The summed E-state index contributed by atoms with van der Waals surface area (Å²) in [5, 5.41) is 10.7. The molecule has 0 atom stereocenters. The molecule has 25 heavy (non-hydrogen) atoms. The van der Waals surface area contributed by atoms with Crippen LogP contribution in [-0.2, 0) is 0 Å². The number of amides is 1. The summed E-state index contributed by atoms with van der Waals surface area (Å²) in [5.41, 5.74) is 1.18. The molecule has 6 nitrogen and oxygen atoms in total. The lowest BCUT2D eigenvalue weighted by Gasteiger charge is -2.33. The van der Waals surface area contributed by atoms with Gasteiger partial charge in [-0.1, -0.05) is 53.8 Å². The molecule has 0 aliphatic carbocycles. The Morgan fingerprint density at radius 2 is 1.84 bits per heavy atom. The second kappa shape index (κ2) is 8.04. The first-order chi connectivity index (χ1) is 12.1. The zero-order valence-corrected chi connectivity index (χ0v) is 14.5. The third-order valence-electron chi connectivity index (χ3n) is 4.12. The van der Waals surface area contributed by atoms with Crippen LogP contribution >= 0.6 is 11.3 Å². The smallest absolute Gasteiger partial charge is 0.324 e. The van der Waals surface area contributed by atoms with Crippen LogP contribution in [0.2, 0.25) is 0 Å². The Hall–Kier alpha value is -2.51. The van der Waals surface area contributed by atoms with E-state index in [2.05, 4.69) is 29.2 Å². The Morgan fingerprint density at radius 1 is 1.12 bits per heavy atom. The molecule has 0 saturated carbocycles. The number of benzene rings is 1. The number of hydrogen-bond acceptors (Lipinski definition) is 5. The fourth-order valence-corrected chi connectivity index (χ4v) is 3.52. The van der Waals surface area contributed by atoms with Gasteiger partial charge in [-0.25, -0.2) is 0 Å². The number of piperazine rings is 1. The van der Waals surface area contributed by atoms with Crippen molar-refractivity contribution in [2.75, 3.05) is 32.7 Å². The van der Waals surface area contributed by atoms with Gasteiger partial charge >= 0.3 is 5.00 Å². The summed E-state index contributed by atoms with van der Waals surface area (Å²) in [5.74, 6) is -0.113. The van der Waals surface area contributed by atoms with E-state index in [-0.39, 0.29) is 10.9 Å². The maximum Gasteiger partial charge on any atom is 0.324 e. The van der Waals surface area contributed by atoms with Gasteiger partial charge in [0.2, 0.25) is 0 Å². The predicted molar refractivity (Wildman–Crippen MR) is 98.8 cm³/mol. The molecule has 1 aliphatic rings. The minimum Gasteiger partial charge on any atom is -0.335 e. The average Bonchev–Trinajstić information content (AvgIpc) is 3.13. The molecule has 1 fully saturated rings. The lowest BCUT2D eigenvalue weighted by Crippen LogP contribution is -2.48. The second-order valence-corrected chi connectivity index (χ2v) is 6.86. The zero-order chi connectivity index (χ0) is 17.6. The van der Waals surface area contributed by atoms with Crippen LogP contribution in [0.4, 0.5) is 5.00 Å². The van der Waals surface area contributed by atoms with Crippen LogP contribution in [0, 0.1) is 10.1 Å². The van der Waals surface area contributed by atoms with E-state index in [0.717, 1.165) is 31.0 Å². The Kier molecular flexibility index (Phi) is 5.57. The van der Waals surface area contributed by atoms with E-state index in [4.69, 9.17) is 0 Å². The Bertz CT molecular complexity index is 765. The van der Waals surface area contributed by atoms with Crippen LogP contribution in [0.15, 0.2) is 48.5 Å². The maximum absolute atomic E-state index is 12.4. The van der Waals surface area contributed by atoms with Gasteiger partial charge < -0.3 is 4.90 Å². The van der Waals surface area contributed by atoms with E-state index >= 15 is 0 Å². The van der Waals surface area contributed by atoms with Gasteiger partial charge in [0.15, 0.2) is 0 Å². The van der Waals surface area contributed by atoms with E-state index in [9.17, 15) is 14.9 Å². The Labute approximate surface area is 150 Å². The van der Waals surface area contributed by atoms with Gasteiger partial charge in [-0.2, -0.15) is 0 Å². The lowest BCUT2D eigenvalue weighted by atomic mass is 10.2. The molecule has 1 aliphatic heterocycles. The highest BCUT2D eigenvalue weighted by Crippen LogP contribution is 2.25. The van der Waals surface area contributed by atoms with E-state index in [1.165, 1.54) is 11.6 Å². The van der Waals surface area contributed by atoms with Crippen molar-refractivity contribution >= 4 is 28.3 Å².